The van der Waals surface area contributed by atoms with Gasteiger partial charge in [-0.2, -0.15) is 0 Å². The maximum absolute atomic E-state index is 10.5. The molecule has 0 saturated heterocycles. The topological polar surface area (TPSA) is 55.8 Å². The molecule has 0 aromatic heterocycles. The number of ether oxygens (including phenoxy) is 1. The molecule has 0 spiro atoms. The van der Waals surface area contributed by atoms with Gasteiger partial charge in [0.25, 0.3) is 0 Å². The molecule has 1 N–H and O–H groups in total. The Morgan fingerprint density at radius 3 is 2.62 bits per heavy atom. The van der Waals surface area contributed by atoms with Crippen LogP contribution in [-0.2, 0) is 14.4 Å². The summed E-state index contributed by atoms with van der Waals surface area (Å²) in [6, 6.07) is 0. The lowest BCUT2D eigenvalue weighted by atomic mass is 10.0. The van der Waals surface area contributed by atoms with Gasteiger partial charge in [-0.3, -0.25) is 10.1 Å². The fourth-order valence-electron chi connectivity index (χ4n) is 1.14. The zero-order valence-corrected chi connectivity index (χ0v) is 10.5. The summed E-state index contributed by atoms with van der Waals surface area (Å²) in [6.45, 7) is 7.50. The molecule has 4 nitrogen and oxygen atoms in total. The number of esters is 1. The molecule has 0 amide bonds. The van der Waals surface area contributed by atoms with E-state index in [0.717, 1.165) is 12.8 Å². The SMILES string of the molecule is CC(=O)OCCC(C)CC=CC(C)(C)OO. The summed E-state index contributed by atoms with van der Waals surface area (Å²) in [5.41, 5.74) is -0.643. The van der Waals surface area contributed by atoms with Gasteiger partial charge < -0.3 is 4.74 Å². The maximum Gasteiger partial charge on any atom is 0.302 e. The second-order valence-corrected chi connectivity index (χ2v) is 4.57. The second kappa shape index (κ2) is 7.41. The predicted octanol–water partition coefficient (Wildman–Crippen LogP) is 2.79. The fraction of sp³-hybridized carbons (Fsp3) is 0.750. The summed E-state index contributed by atoms with van der Waals surface area (Å²) in [5, 5.41) is 8.55. The van der Waals surface area contributed by atoms with Crippen LogP contribution in [0.1, 0.15) is 40.5 Å². The Hall–Kier alpha value is -0.870. The zero-order chi connectivity index (χ0) is 12.6. The minimum Gasteiger partial charge on any atom is -0.466 e. The third kappa shape index (κ3) is 8.44. The average molecular weight is 230 g/mol. The summed E-state index contributed by atoms with van der Waals surface area (Å²) in [5.74, 6) is 0.197. The van der Waals surface area contributed by atoms with Gasteiger partial charge in [0.05, 0.1) is 6.61 Å². The van der Waals surface area contributed by atoms with Crippen molar-refractivity contribution in [2.75, 3.05) is 6.61 Å². The van der Waals surface area contributed by atoms with Crippen molar-refractivity contribution >= 4 is 5.97 Å². The quantitative estimate of drug-likeness (QED) is 0.316. The van der Waals surface area contributed by atoms with Gasteiger partial charge in [0.15, 0.2) is 0 Å². The van der Waals surface area contributed by atoms with E-state index in [2.05, 4.69) is 11.8 Å². The maximum atomic E-state index is 10.5. The highest BCUT2D eigenvalue weighted by Gasteiger charge is 2.13. The Kier molecular flexibility index (Phi) is 7.01. The van der Waals surface area contributed by atoms with Crippen molar-refractivity contribution in [2.45, 2.75) is 46.1 Å². The first-order valence-electron chi connectivity index (χ1n) is 5.51. The fourth-order valence-corrected chi connectivity index (χ4v) is 1.14. The van der Waals surface area contributed by atoms with Gasteiger partial charge in [0.2, 0.25) is 0 Å². The summed E-state index contributed by atoms with van der Waals surface area (Å²) < 4.78 is 4.85. The number of hydrogen-bond acceptors (Lipinski definition) is 4. The normalized spacial score (nSPS) is 14.1. The molecule has 1 atom stereocenters. The van der Waals surface area contributed by atoms with E-state index >= 15 is 0 Å². The van der Waals surface area contributed by atoms with Crippen molar-refractivity contribution in [3.63, 3.8) is 0 Å². The Morgan fingerprint density at radius 2 is 2.12 bits per heavy atom. The summed E-state index contributed by atoms with van der Waals surface area (Å²) in [7, 11) is 0. The number of allylic oxidation sites excluding steroid dienone is 1. The van der Waals surface area contributed by atoms with Crippen molar-refractivity contribution in [1.29, 1.82) is 0 Å². The first-order valence-corrected chi connectivity index (χ1v) is 5.51. The van der Waals surface area contributed by atoms with E-state index in [1.165, 1.54) is 6.92 Å². The molecule has 4 heteroatoms. The van der Waals surface area contributed by atoms with E-state index in [4.69, 9.17) is 9.99 Å². The molecule has 94 valence electrons. The van der Waals surface area contributed by atoms with E-state index in [1.54, 1.807) is 13.8 Å². The Morgan fingerprint density at radius 1 is 1.50 bits per heavy atom. The van der Waals surface area contributed by atoms with Gasteiger partial charge in [-0.25, -0.2) is 4.89 Å². The van der Waals surface area contributed by atoms with Gasteiger partial charge in [0.1, 0.15) is 5.60 Å². The monoisotopic (exact) mass is 230 g/mol. The second-order valence-electron chi connectivity index (χ2n) is 4.57. The van der Waals surface area contributed by atoms with E-state index in [0.29, 0.717) is 12.5 Å². The third-order valence-electron chi connectivity index (χ3n) is 2.21. The highest BCUT2D eigenvalue weighted by Crippen LogP contribution is 2.13. The van der Waals surface area contributed by atoms with Crippen LogP contribution in [0.3, 0.4) is 0 Å². The number of hydrogen-bond donors (Lipinski definition) is 1. The van der Waals surface area contributed by atoms with Crippen molar-refractivity contribution in [3.05, 3.63) is 12.2 Å². The van der Waals surface area contributed by atoms with Crippen LogP contribution >= 0.6 is 0 Å². The third-order valence-corrected chi connectivity index (χ3v) is 2.21. The van der Waals surface area contributed by atoms with Crippen LogP contribution in [0.5, 0.6) is 0 Å². The molecular weight excluding hydrogens is 208 g/mol. The molecule has 1 unspecified atom stereocenters. The standard InChI is InChI=1S/C12H22O4/c1-10(7-9-15-11(2)13)6-5-8-12(3,4)16-14/h5,8,10,14H,6-7,9H2,1-4H3. The minimum absolute atomic E-state index is 0.238. The van der Waals surface area contributed by atoms with Crippen molar-refractivity contribution in [2.24, 2.45) is 5.92 Å². The number of rotatable bonds is 7. The van der Waals surface area contributed by atoms with E-state index in [-0.39, 0.29) is 5.97 Å². The molecule has 0 radical (unpaired) electrons. The lowest BCUT2D eigenvalue weighted by Gasteiger charge is -2.15. The number of carbonyl (C=O) groups is 1. The highest BCUT2D eigenvalue weighted by atomic mass is 17.1. The summed E-state index contributed by atoms with van der Waals surface area (Å²) in [4.78, 5) is 14.8. The molecule has 0 aliphatic carbocycles. The molecule has 0 fully saturated rings. The van der Waals surface area contributed by atoms with Gasteiger partial charge in [-0.1, -0.05) is 19.1 Å². The van der Waals surface area contributed by atoms with Gasteiger partial charge >= 0.3 is 5.97 Å². The first-order chi connectivity index (χ1) is 7.37. The smallest absolute Gasteiger partial charge is 0.302 e. The average Bonchev–Trinajstić information content (AvgIpc) is 2.17. The molecule has 0 bridgehead atoms. The van der Waals surface area contributed by atoms with Crippen molar-refractivity contribution in [3.8, 4) is 0 Å². The molecule has 0 heterocycles. The molecule has 0 aromatic rings. The van der Waals surface area contributed by atoms with Crippen molar-refractivity contribution < 1.29 is 19.7 Å². The largest absolute Gasteiger partial charge is 0.466 e. The Balaban J connectivity index is 3.72. The predicted molar refractivity (Wildman–Crippen MR) is 62.0 cm³/mol. The molecule has 0 rings (SSSR count). The highest BCUT2D eigenvalue weighted by molar-refractivity contribution is 5.65. The molecular formula is C12H22O4. The van der Waals surface area contributed by atoms with Gasteiger partial charge in [-0.05, 0) is 32.6 Å². The molecule has 0 aliphatic heterocycles. The summed E-state index contributed by atoms with van der Waals surface area (Å²) >= 11 is 0. The lowest BCUT2D eigenvalue weighted by molar-refractivity contribution is -0.297. The van der Waals surface area contributed by atoms with Crippen LogP contribution in [0.2, 0.25) is 0 Å². The first kappa shape index (κ1) is 15.1. The van der Waals surface area contributed by atoms with Crippen LogP contribution in [0, 0.1) is 5.92 Å². The van der Waals surface area contributed by atoms with Crippen LogP contribution in [0.25, 0.3) is 0 Å². The van der Waals surface area contributed by atoms with Crippen LogP contribution in [-0.4, -0.2) is 23.4 Å². The van der Waals surface area contributed by atoms with Crippen LogP contribution < -0.4 is 0 Å². The zero-order valence-electron chi connectivity index (χ0n) is 10.5. The molecule has 0 aliphatic rings. The lowest BCUT2D eigenvalue weighted by Crippen LogP contribution is -2.18. The Bertz CT molecular complexity index is 233. The van der Waals surface area contributed by atoms with Gasteiger partial charge in [-0.15, -0.1) is 0 Å². The van der Waals surface area contributed by atoms with Crippen LogP contribution in [0.15, 0.2) is 12.2 Å². The minimum atomic E-state index is -0.643. The van der Waals surface area contributed by atoms with Crippen molar-refractivity contribution in [1.82, 2.24) is 0 Å². The summed E-state index contributed by atoms with van der Waals surface area (Å²) in [6.07, 6.45) is 5.49. The van der Waals surface area contributed by atoms with E-state index < -0.39 is 5.60 Å². The van der Waals surface area contributed by atoms with Gasteiger partial charge in [0, 0.05) is 6.92 Å². The molecule has 16 heavy (non-hydrogen) atoms. The Labute approximate surface area is 97.2 Å². The molecule has 0 saturated carbocycles. The number of carbonyl (C=O) groups excluding carboxylic acids is 1. The van der Waals surface area contributed by atoms with Crippen LogP contribution in [0.4, 0.5) is 0 Å². The molecule has 0 aromatic carbocycles. The van der Waals surface area contributed by atoms with E-state index in [9.17, 15) is 4.79 Å². The van der Waals surface area contributed by atoms with E-state index in [1.807, 2.05) is 12.2 Å².